The molecule has 1 unspecified atom stereocenters. The van der Waals surface area contributed by atoms with Crippen molar-refractivity contribution in [3.8, 4) is 0 Å². The van der Waals surface area contributed by atoms with E-state index in [2.05, 4.69) is 5.10 Å². The Hall–Kier alpha value is -0.440. The fraction of sp³-hybridized carbons (Fsp3) is 0.750. The summed E-state index contributed by atoms with van der Waals surface area (Å²) < 4.78 is 0. The molecular formula is C4H10ClN3. The Morgan fingerprint density at radius 2 is 2.38 bits per heavy atom. The molecule has 4 N–H and O–H groups in total. The summed E-state index contributed by atoms with van der Waals surface area (Å²) in [5, 5.41) is 3.27. The first-order valence-electron chi connectivity index (χ1n) is 2.31. The second-order valence-electron chi connectivity index (χ2n) is 1.61. The summed E-state index contributed by atoms with van der Waals surface area (Å²) >= 11 is 5.41. The normalized spacial score (nSPS) is 16.0. The van der Waals surface area contributed by atoms with Gasteiger partial charge in [-0.05, 0) is 0 Å². The summed E-state index contributed by atoms with van der Waals surface area (Å²) in [6, 6.07) is 0. The van der Waals surface area contributed by atoms with Crippen molar-refractivity contribution in [1.29, 1.82) is 0 Å². The van der Waals surface area contributed by atoms with E-state index in [1.165, 1.54) is 0 Å². The first-order valence-corrected chi connectivity index (χ1v) is 2.85. The third kappa shape index (κ3) is 2.02. The highest BCUT2D eigenvalue weighted by Crippen LogP contribution is 1.95. The van der Waals surface area contributed by atoms with Gasteiger partial charge in [-0.1, -0.05) is 6.92 Å². The van der Waals surface area contributed by atoms with Gasteiger partial charge in [0.05, 0.1) is 0 Å². The lowest BCUT2D eigenvalue weighted by Crippen LogP contribution is -2.23. The van der Waals surface area contributed by atoms with Crippen molar-refractivity contribution in [2.75, 3.05) is 5.88 Å². The third-order valence-electron chi connectivity index (χ3n) is 0.885. The van der Waals surface area contributed by atoms with E-state index in [9.17, 15) is 0 Å². The molecule has 0 spiro atoms. The first kappa shape index (κ1) is 7.56. The first-order chi connectivity index (χ1) is 3.72. The molecule has 0 bridgehead atoms. The fourth-order valence-electron chi connectivity index (χ4n) is 0.206. The zero-order chi connectivity index (χ0) is 6.57. The highest BCUT2D eigenvalue weighted by atomic mass is 35.5. The molecule has 3 nitrogen and oxygen atoms in total. The Labute approximate surface area is 53.7 Å². The summed E-state index contributed by atoms with van der Waals surface area (Å²) in [5.41, 5.74) is 5.27. The maximum atomic E-state index is 5.41. The SMILES string of the molecule is CC(CCl)C(N)=NN. The second-order valence-corrected chi connectivity index (χ2v) is 1.92. The minimum Gasteiger partial charge on any atom is -0.385 e. The number of nitrogens with two attached hydrogens (primary N) is 2. The number of hydrogen-bond donors (Lipinski definition) is 2. The van der Waals surface area contributed by atoms with Crippen molar-refractivity contribution in [2.24, 2.45) is 22.6 Å². The summed E-state index contributed by atoms with van der Waals surface area (Å²) in [7, 11) is 0. The van der Waals surface area contributed by atoms with E-state index in [1.54, 1.807) is 0 Å². The maximum absolute atomic E-state index is 5.41. The van der Waals surface area contributed by atoms with Crippen LogP contribution in [0.1, 0.15) is 6.92 Å². The van der Waals surface area contributed by atoms with Gasteiger partial charge in [-0.3, -0.25) is 0 Å². The van der Waals surface area contributed by atoms with Gasteiger partial charge in [0, 0.05) is 11.8 Å². The third-order valence-corrected chi connectivity index (χ3v) is 1.35. The average molecular weight is 136 g/mol. The van der Waals surface area contributed by atoms with Gasteiger partial charge in [-0.15, -0.1) is 11.6 Å². The minimum atomic E-state index is 0.0849. The van der Waals surface area contributed by atoms with Crippen LogP contribution in [0, 0.1) is 5.92 Å². The highest BCUT2D eigenvalue weighted by molar-refractivity contribution is 6.19. The smallest absolute Gasteiger partial charge is 0.123 e. The molecule has 0 saturated carbocycles. The van der Waals surface area contributed by atoms with Crippen molar-refractivity contribution in [1.82, 2.24) is 0 Å². The summed E-state index contributed by atoms with van der Waals surface area (Å²) in [5.74, 6) is 5.81. The topological polar surface area (TPSA) is 64.4 Å². The van der Waals surface area contributed by atoms with Crippen molar-refractivity contribution < 1.29 is 0 Å². The van der Waals surface area contributed by atoms with Crippen LogP contribution in [0.3, 0.4) is 0 Å². The van der Waals surface area contributed by atoms with E-state index in [0.29, 0.717) is 11.7 Å². The molecule has 0 fully saturated rings. The van der Waals surface area contributed by atoms with Crippen LogP contribution < -0.4 is 11.6 Å². The summed E-state index contributed by atoms with van der Waals surface area (Å²) in [6.45, 7) is 1.86. The van der Waals surface area contributed by atoms with Crippen molar-refractivity contribution in [2.45, 2.75) is 6.92 Å². The molecule has 4 heteroatoms. The molecule has 8 heavy (non-hydrogen) atoms. The van der Waals surface area contributed by atoms with Crippen LogP contribution in [-0.2, 0) is 0 Å². The molecule has 0 heterocycles. The standard InChI is InChI=1S/C4H10ClN3/c1-3(2-5)4(6)8-7/h3H,2,7H2,1H3,(H2,6,8). The van der Waals surface area contributed by atoms with E-state index in [1.807, 2.05) is 6.92 Å². The molecule has 48 valence electrons. The molecule has 0 saturated heterocycles. The van der Waals surface area contributed by atoms with Gasteiger partial charge in [0.2, 0.25) is 0 Å². The number of halogens is 1. The van der Waals surface area contributed by atoms with Crippen LogP contribution in [0.2, 0.25) is 0 Å². The molecule has 1 atom stereocenters. The Kier molecular flexibility index (Phi) is 3.35. The van der Waals surface area contributed by atoms with Crippen LogP contribution in [-0.4, -0.2) is 11.7 Å². The largest absolute Gasteiger partial charge is 0.385 e. The zero-order valence-electron chi connectivity index (χ0n) is 4.76. The fourth-order valence-corrected chi connectivity index (χ4v) is 0.364. The molecule has 0 aliphatic carbocycles. The van der Waals surface area contributed by atoms with Gasteiger partial charge in [0.15, 0.2) is 0 Å². The van der Waals surface area contributed by atoms with Crippen molar-refractivity contribution in [3.63, 3.8) is 0 Å². The molecular weight excluding hydrogens is 126 g/mol. The molecule has 0 aromatic rings. The van der Waals surface area contributed by atoms with E-state index < -0.39 is 0 Å². The van der Waals surface area contributed by atoms with Crippen molar-refractivity contribution >= 4 is 17.4 Å². The van der Waals surface area contributed by atoms with Gasteiger partial charge in [-0.2, -0.15) is 5.10 Å². The lowest BCUT2D eigenvalue weighted by atomic mass is 10.2. The molecule has 0 amide bonds. The molecule has 0 aliphatic rings. The van der Waals surface area contributed by atoms with Gasteiger partial charge >= 0.3 is 0 Å². The van der Waals surface area contributed by atoms with Crippen LogP contribution in [0.4, 0.5) is 0 Å². The van der Waals surface area contributed by atoms with E-state index in [-0.39, 0.29) is 5.92 Å². The van der Waals surface area contributed by atoms with Gasteiger partial charge in [-0.25, -0.2) is 0 Å². The number of hydrogen-bond acceptors (Lipinski definition) is 2. The van der Waals surface area contributed by atoms with Gasteiger partial charge < -0.3 is 11.6 Å². The van der Waals surface area contributed by atoms with Crippen molar-refractivity contribution in [3.05, 3.63) is 0 Å². The number of rotatable bonds is 2. The molecule has 0 rings (SSSR count). The molecule has 0 radical (unpaired) electrons. The van der Waals surface area contributed by atoms with Crippen LogP contribution in [0.15, 0.2) is 5.10 Å². The monoisotopic (exact) mass is 135 g/mol. The van der Waals surface area contributed by atoms with Crippen LogP contribution in [0.5, 0.6) is 0 Å². The van der Waals surface area contributed by atoms with Gasteiger partial charge in [0.25, 0.3) is 0 Å². The predicted molar refractivity (Wildman–Crippen MR) is 35.7 cm³/mol. The lowest BCUT2D eigenvalue weighted by Gasteiger charge is -2.02. The number of alkyl halides is 1. The summed E-state index contributed by atoms with van der Waals surface area (Å²) in [4.78, 5) is 0. The Morgan fingerprint density at radius 1 is 1.88 bits per heavy atom. The quantitative estimate of drug-likeness (QED) is 0.185. The number of nitrogens with zero attached hydrogens (tertiary/aromatic N) is 1. The maximum Gasteiger partial charge on any atom is 0.123 e. The summed E-state index contributed by atoms with van der Waals surface area (Å²) in [6.07, 6.45) is 0. The Bertz CT molecular complexity index is 91.3. The average Bonchev–Trinajstić information content (AvgIpc) is 1.84. The molecule has 0 aliphatic heterocycles. The van der Waals surface area contributed by atoms with Crippen LogP contribution >= 0.6 is 11.6 Å². The van der Waals surface area contributed by atoms with Gasteiger partial charge in [0.1, 0.15) is 5.84 Å². The highest BCUT2D eigenvalue weighted by Gasteiger charge is 2.02. The van der Waals surface area contributed by atoms with Crippen LogP contribution in [0.25, 0.3) is 0 Å². The second kappa shape index (κ2) is 3.55. The van der Waals surface area contributed by atoms with E-state index >= 15 is 0 Å². The molecule has 0 aromatic heterocycles. The number of amidine groups is 1. The minimum absolute atomic E-state index is 0.0849. The Morgan fingerprint density at radius 3 is 2.50 bits per heavy atom. The molecule has 0 aromatic carbocycles. The number of hydrazone groups is 1. The zero-order valence-corrected chi connectivity index (χ0v) is 5.52. The predicted octanol–water partition coefficient (Wildman–Crippen LogP) is 0.0922. The van der Waals surface area contributed by atoms with E-state index in [4.69, 9.17) is 23.2 Å². The lowest BCUT2D eigenvalue weighted by molar-refractivity contribution is 0.872. The van der Waals surface area contributed by atoms with E-state index in [0.717, 1.165) is 0 Å². The Balaban J connectivity index is 3.63.